The molecule has 146 valence electrons. The Hall–Kier alpha value is -3.15. The Morgan fingerprint density at radius 2 is 1.79 bits per heavy atom. The van der Waals surface area contributed by atoms with Crippen LogP contribution in [-0.2, 0) is 16.1 Å². The fourth-order valence-electron chi connectivity index (χ4n) is 3.45. The van der Waals surface area contributed by atoms with Crippen LogP contribution in [0.15, 0.2) is 48.5 Å². The van der Waals surface area contributed by atoms with Gasteiger partial charge < -0.3 is 15.0 Å². The minimum absolute atomic E-state index is 0.141. The lowest BCUT2D eigenvalue weighted by molar-refractivity contribution is -0.121. The SMILES string of the molecule is COC(=O)c1ccccc1NC(=O)[C@H](CC(C)C)N1Cc2ccccc2C1=O. The summed E-state index contributed by atoms with van der Waals surface area (Å²) in [7, 11) is 1.29. The predicted molar refractivity (Wildman–Crippen MR) is 106 cm³/mol. The maximum Gasteiger partial charge on any atom is 0.339 e. The van der Waals surface area contributed by atoms with Gasteiger partial charge in [-0.25, -0.2) is 4.79 Å². The van der Waals surface area contributed by atoms with E-state index in [0.717, 1.165) is 5.56 Å². The van der Waals surface area contributed by atoms with Crippen LogP contribution in [0.25, 0.3) is 0 Å². The number of hydrogen-bond acceptors (Lipinski definition) is 4. The Morgan fingerprint density at radius 3 is 2.46 bits per heavy atom. The number of nitrogens with one attached hydrogen (secondary N) is 1. The summed E-state index contributed by atoms with van der Waals surface area (Å²) in [6.07, 6.45) is 0.520. The number of benzene rings is 2. The fraction of sp³-hybridized carbons (Fsp3) is 0.318. The monoisotopic (exact) mass is 380 g/mol. The van der Waals surface area contributed by atoms with Gasteiger partial charge in [0.25, 0.3) is 5.91 Å². The van der Waals surface area contributed by atoms with Crippen molar-refractivity contribution in [3.05, 3.63) is 65.2 Å². The molecule has 0 aliphatic carbocycles. The molecule has 0 saturated heterocycles. The van der Waals surface area contributed by atoms with Gasteiger partial charge in [0, 0.05) is 12.1 Å². The predicted octanol–water partition coefficient (Wildman–Crippen LogP) is 3.48. The first kappa shape index (κ1) is 19.6. The van der Waals surface area contributed by atoms with Gasteiger partial charge in [0.15, 0.2) is 0 Å². The molecule has 28 heavy (non-hydrogen) atoms. The molecule has 1 heterocycles. The zero-order chi connectivity index (χ0) is 20.3. The molecule has 2 aromatic carbocycles. The van der Waals surface area contributed by atoms with Crippen molar-refractivity contribution < 1.29 is 19.1 Å². The lowest BCUT2D eigenvalue weighted by atomic mass is 10.0. The van der Waals surface area contributed by atoms with Crippen molar-refractivity contribution >= 4 is 23.5 Å². The molecule has 1 atom stereocenters. The van der Waals surface area contributed by atoms with Crippen molar-refractivity contribution in [3.8, 4) is 0 Å². The standard InChI is InChI=1S/C22H24N2O4/c1-14(2)12-19(24-13-15-8-4-5-9-16(15)21(24)26)20(25)23-18-11-7-6-10-17(18)22(27)28-3/h4-11,14,19H,12-13H2,1-3H3,(H,23,25)/t19-/m0/s1. The van der Waals surface area contributed by atoms with E-state index in [1.54, 1.807) is 35.2 Å². The number of carbonyl (C=O) groups excluding carboxylic acids is 3. The number of anilines is 1. The normalized spacial score (nSPS) is 14.0. The maximum atomic E-state index is 13.1. The Labute approximate surface area is 164 Å². The van der Waals surface area contributed by atoms with E-state index in [1.165, 1.54) is 7.11 Å². The second-order valence-corrected chi connectivity index (χ2v) is 7.26. The van der Waals surface area contributed by atoms with Gasteiger partial charge in [0.2, 0.25) is 5.91 Å². The molecule has 6 heteroatoms. The van der Waals surface area contributed by atoms with Gasteiger partial charge in [0.1, 0.15) is 6.04 Å². The zero-order valence-electron chi connectivity index (χ0n) is 16.3. The largest absolute Gasteiger partial charge is 0.465 e. The Balaban J connectivity index is 1.87. The van der Waals surface area contributed by atoms with E-state index in [0.29, 0.717) is 24.2 Å². The summed E-state index contributed by atoms with van der Waals surface area (Å²) in [4.78, 5) is 39.6. The summed E-state index contributed by atoms with van der Waals surface area (Å²) in [6, 6.07) is 13.4. The molecule has 3 rings (SSSR count). The van der Waals surface area contributed by atoms with Crippen LogP contribution in [0.2, 0.25) is 0 Å². The van der Waals surface area contributed by atoms with Gasteiger partial charge in [-0.15, -0.1) is 0 Å². The van der Waals surface area contributed by atoms with Crippen molar-refractivity contribution in [2.45, 2.75) is 32.9 Å². The van der Waals surface area contributed by atoms with Crippen molar-refractivity contribution in [2.75, 3.05) is 12.4 Å². The maximum absolute atomic E-state index is 13.1. The van der Waals surface area contributed by atoms with Gasteiger partial charge in [-0.3, -0.25) is 9.59 Å². The van der Waals surface area contributed by atoms with E-state index in [9.17, 15) is 14.4 Å². The number of methoxy groups -OCH3 is 1. The molecule has 0 spiro atoms. The number of amides is 2. The Morgan fingerprint density at radius 1 is 1.11 bits per heavy atom. The lowest BCUT2D eigenvalue weighted by Crippen LogP contribution is -2.45. The van der Waals surface area contributed by atoms with Gasteiger partial charge in [-0.05, 0) is 36.1 Å². The van der Waals surface area contributed by atoms with Crippen LogP contribution in [0.4, 0.5) is 5.69 Å². The van der Waals surface area contributed by atoms with E-state index >= 15 is 0 Å². The molecule has 1 aliphatic heterocycles. The second kappa shape index (κ2) is 8.25. The molecule has 0 fully saturated rings. The highest BCUT2D eigenvalue weighted by atomic mass is 16.5. The summed E-state index contributed by atoms with van der Waals surface area (Å²) in [5, 5.41) is 2.82. The average Bonchev–Trinajstić information content (AvgIpc) is 3.02. The summed E-state index contributed by atoms with van der Waals surface area (Å²) in [5.41, 5.74) is 2.21. The highest BCUT2D eigenvalue weighted by Gasteiger charge is 2.36. The minimum Gasteiger partial charge on any atom is -0.465 e. The average molecular weight is 380 g/mol. The molecular weight excluding hydrogens is 356 g/mol. The number of ether oxygens (including phenoxy) is 1. The molecule has 0 bridgehead atoms. The summed E-state index contributed by atoms with van der Waals surface area (Å²) in [5.74, 6) is -0.770. The van der Waals surface area contributed by atoms with Gasteiger partial charge in [-0.2, -0.15) is 0 Å². The van der Waals surface area contributed by atoms with Crippen molar-refractivity contribution in [1.29, 1.82) is 0 Å². The summed E-state index contributed by atoms with van der Waals surface area (Å²) >= 11 is 0. The molecule has 0 radical (unpaired) electrons. The Bertz CT molecular complexity index is 907. The Kier molecular flexibility index (Phi) is 5.78. The molecule has 0 unspecified atom stereocenters. The minimum atomic E-state index is -0.634. The molecular formula is C22H24N2O4. The summed E-state index contributed by atoms with van der Waals surface area (Å²) in [6.45, 7) is 4.42. The first-order valence-electron chi connectivity index (χ1n) is 9.29. The molecule has 1 N–H and O–H groups in total. The first-order chi connectivity index (χ1) is 13.4. The zero-order valence-corrected chi connectivity index (χ0v) is 16.3. The topological polar surface area (TPSA) is 75.7 Å². The number of fused-ring (bicyclic) bond motifs is 1. The van der Waals surface area contributed by atoms with Crippen LogP contribution in [0.3, 0.4) is 0 Å². The first-order valence-corrected chi connectivity index (χ1v) is 9.29. The number of esters is 1. The van der Waals surface area contributed by atoms with E-state index in [2.05, 4.69) is 5.32 Å². The summed E-state index contributed by atoms with van der Waals surface area (Å²) < 4.78 is 4.79. The fourth-order valence-corrected chi connectivity index (χ4v) is 3.45. The van der Waals surface area contributed by atoms with Crippen molar-refractivity contribution in [3.63, 3.8) is 0 Å². The third kappa shape index (κ3) is 3.91. The quantitative estimate of drug-likeness (QED) is 0.779. The van der Waals surface area contributed by atoms with Crippen LogP contribution in [0.5, 0.6) is 0 Å². The second-order valence-electron chi connectivity index (χ2n) is 7.26. The van der Waals surface area contributed by atoms with Gasteiger partial charge in [-0.1, -0.05) is 44.2 Å². The lowest BCUT2D eigenvalue weighted by Gasteiger charge is -2.28. The number of hydrogen-bond donors (Lipinski definition) is 1. The van der Waals surface area contributed by atoms with Crippen LogP contribution in [0, 0.1) is 5.92 Å². The third-order valence-electron chi connectivity index (χ3n) is 4.81. The van der Waals surface area contributed by atoms with E-state index < -0.39 is 12.0 Å². The number of nitrogens with zero attached hydrogens (tertiary/aromatic N) is 1. The smallest absolute Gasteiger partial charge is 0.339 e. The molecule has 0 saturated carbocycles. The highest BCUT2D eigenvalue weighted by molar-refractivity contribution is 6.06. The molecule has 0 aromatic heterocycles. The van der Waals surface area contributed by atoms with Crippen LogP contribution in [0.1, 0.15) is 46.5 Å². The van der Waals surface area contributed by atoms with Crippen LogP contribution >= 0.6 is 0 Å². The van der Waals surface area contributed by atoms with Gasteiger partial charge >= 0.3 is 5.97 Å². The molecule has 2 amide bonds. The van der Waals surface area contributed by atoms with E-state index in [-0.39, 0.29) is 23.3 Å². The molecule has 6 nitrogen and oxygen atoms in total. The number of rotatable bonds is 6. The third-order valence-corrected chi connectivity index (χ3v) is 4.81. The number of carbonyl (C=O) groups is 3. The highest BCUT2D eigenvalue weighted by Crippen LogP contribution is 2.28. The van der Waals surface area contributed by atoms with Crippen LogP contribution < -0.4 is 5.32 Å². The van der Waals surface area contributed by atoms with E-state index in [1.807, 2.05) is 32.0 Å². The van der Waals surface area contributed by atoms with Crippen LogP contribution in [-0.4, -0.2) is 35.8 Å². The van der Waals surface area contributed by atoms with Gasteiger partial charge in [0.05, 0.1) is 18.4 Å². The molecule has 2 aromatic rings. The molecule has 1 aliphatic rings. The number of para-hydroxylation sites is 1. The van der Waals surface area contributed by atoms with E-state index in [4.69, 9.17) is 4.74 Å². The van der Waals surface area contributed by atoms with Crippen molar-refractivity contribution in [1.82, 2.24) is 4.90 Å². The van der Waals surface area contributed by atoms with Crippen molar-refractivity contribution in [2.24, 2.45) is 5.92 Å².